The molecule has 19 heavy (non-hydrogen) atoms. The van der Waals surface area contributed by atoms with Gasteiger partial charge >= 0.3 is 5.97 Å². The summed E-state index contributed by atoms with van der Waals surface area (Å²) in [4.78, 5) is 12.8. The van der Waals surface area contributed by atoms with Crippen LogP contribution in [0.3, 0.4) is 0 Å². The highest BCUT2D eigenvalue weighted by molar-refractivity contribution is 5.68. The molecule has 0 saturated heterocycles. The molecule has 1 aromatic rings. The minimum Gasteiger partial charge on any atom is -0.481 e. The zero-order chi connectivity index (χ0) is 14.0. The van der Waals surface area contributed by atoms with Gasteiger partial charge in [-0.3, -0.25) is 4.79 Å². The predicted octanol–water partition coefficient (Wildman–Crippen LogP) is 2.86. The number of halogens is 1. The minimum absolute atomic E-state index is 0.0413. The maximum absolute atomic E-state index is 14.0. The number of carboxylic acid groups (broad SMARTS) is 1. The molecule has 0 radical (unpaired) electrons. The summed E-state index contributed by atoms with van der Waals surface area (Å²) in [6.45, 7) is 0.555. The first-order valence-electron chi connectivity index (χ1n) is 6.62. The Balaban J connectivity index is 2.19. The smallest absolute Gasteiger partial charge is 0.303 e. The lowest BCUT2D eigenvalue weighted by Crippen LogP contribution is -2.13. The van der Waals surface area contributed by atoms with E-state index in [2.05, 4.69) is 0 Å². The van der Waals surface area contributed by atoms with Crippen molar-refractivity contribution in [3.05, 3.63) is 35.1 Å². The van der Waals surface area contributed by atoms with Crippen molar-refractivity contribution >= 4 is 5.97 Å². The second kappa shape index (κ2) is 5.70. The molecule has 1 unspecified atom stereocenters. The summed E-state index contributed by atoms with van der Waals surface area (Å²) < 4.78 is 14.0. The molecule has 1 N–H and O–H groups in total. The summed E-state index contributed by atoms with van der Waals surface area (Å²) in [6, 6.07) is 5.18. The molecule has 0 aliphatic heterocycles. The third-order valence-electron chi connectivity index (χ3n) is 3.58. The molecule has 2 rings (SSSR count). The van der Waals surface area contributed by atoms with Gasteiger partial charge in [0.25, 0.3) is 0 Å². The molecule has 1 atom stereocenters. The second-order valence-corrected chi connectivity index (χ2v) is 5.63. The maximum atomic E-state index is 14.0. The van der Waals surface area contributed by atoms with E-state index in [1.165, 1.54) is 6.07 Å². The van der Waals surface area contributed by atoms with Gasteiger partial charge in [0.2, 0.25) is 0 Å². The Bertz CT molecular complexity index is 469. The van der Waals surface area contributed by atoms with Crippen LogP contribution in [-0.4, -0.2) is 30.1 Å². The number of hydrogen-bond donors (Lipinski definition) is 1. The molecule has 1 saturated carbocycles. The van der Waals surface area contributed by atoms with E-state index in [1.54, 1.807) is 6.07 Å². The van der Waals surface area contributed by atoms with Gasteiger partial charge in [-0.1, -0.05) is 12.1 Å². The Kier molecular flexibility index (Phi) is 4.20. The summed E-state index contributed by atoms with van der Waals surface area (Å²) in [6.07, 6.45) is 2.20. The first-order valence-corrected chi connectivity index (χ1v) is 6.62. The standard InChI is InChI=1S/C15H20FNO2/c1-17(2)9-12-6-5-11(7-14(12)16)13(8-15(18)19)10-3-4-10/h5-7,10,13H,3-4,8-9H2,1-2H3,(H,18,19). The van der Waals surface area contributed by atoms with Crippen molar-refractivity contribution in [1.29, 1.82) is 0 Å². The summed E-state index contributed by atoms with van der Waals surface area (Å²) in [5.74, 6) is -0.674. The van der Waals surface area contributed by atoms with E-state index in [-0.39, 0.29) is 18.2 Å². The van der Waals surface area contributed by atoms with Crippen LogP contribution in [0.2, 0.25) is 0 Å². The van der Waals surface area contributed by atoms with Crippen LogP contribution in [0.4, 0.5) is 4.39 Å². The van der Waals surface area contributed by atoms with Crippen LogP contribution in [0.1, 0.15) is 36.3 Å². The topological polar surface area (TPSA) is 40.5 Å². The molecule has 0 aromatic heterocycles. The number of carbonyl (C=O) groups is 1. The zero-order valence-electron chi connectivity index (χ0n) is 11.4. The number of nitrogens with zero attached hydrogens (tertiary/aromatic N) is 1. The van der Waals surface area contributed by atoms with E-state index in [4.69, 9.17) is 5.11 Å². The first-order chi connectivity index (χ1) is 8.97. The molecule has 1 aliphatic rings. The number of aliphatic carboxylic acids is 1. The molecular formula is C15H20FNO2. The highest BCUT2D eigenvalue weighted by Gasteiger charge is 2.34. The average molecular weight is 265 g/mol. The van der Waals surface area contributed by atoms with E-state index >= 15 is 0 Å². The molecule has 0 heterocycles. The number of benzene rings is 1. The van der Waals surface area contributed by atoms with Gasteiger partial charge in [0.15, 0.2) is 0 Å². The van der Waals surface area contributed by atoms with Crippen molar-refractivity contribution in [2.45, 2.75) is 31.7 Å². The lowest BCUT2D eigenvalue weighted by atomic mass is 9.90. The number of hydrogen-bond acceptors (Lipinski definition) is 2. The van der Waals surface area contributed by atoms with Gasteiger partial charge in [-0.2, -0.15) is 0 Å². The molecular weight excluding hydrogens is 245 g/mol. The van der Waals surface area contributed by atoms with Crippen LogP contribution in [0.15, 0.2) is 18.2 Å². The first kappa shape index (κ1) is 14.0. The second-order valence-electron chi connectivity index (χ2n) is 5.63. The monoisotopic (exact) mass is 265 g/mol. The van der Waals surface area contributed by atoms with E-state index in [1.807, 2.05) is 25.1 Å². The van der Waals surface area contributed by atoms with Gasteiger partial charge < -0.3 is 10.0 Å². The van der Waals surface area contributed by atoms with Gasteiger partial charge in [-0.25, -0.2) is 4.39 Å². The Morgan fingerprint density at radius 3 is 2.63 bits per heavy atom. The fraction of sp³-hybridized carbons (Fsp3) is 0.533. The van der Waals surface area contributed by atoms with Crippen LogP contribution in [0, 0.1) is 11.7 Å². The van der Waals surface area contributed by atoms with Gasteiger partial charge in [0.1, 0.15) is 5.82 Å². The van der Waals surface area contributed by atoms with E-state index in [0.717, 1.165) is 18.4 Å². The van der Waals surface area contributed by atoms with Crippen LogP contribution in [0.5, 0.6) is 0 Å². The third-order valence-corrected chi connectivity index (χ3v) is 3.58. The largest absolute Gasteiger partial charge is 0.481 e. The van der Waals surface area contributed by atoms with E-state index in [0.29, 0.717) is 18.0 Å². The summed E-state index contributed by atoms with van der Waals surface area (Å²) in [7, 11) is 3.79. The Hall–Kier alpha value is -1.42. The van der Waals surface area contributed by atoms with Crippen LogP contribution >= 0.6 is 0 Å². The fourth-order valence-electron chi connectivity index (χ4n) is 2.51. The molecule has 1 aromatic carbocycles. The SMILES string of the molecule is CN(C)Cc1ccc(C(CC(=O)O)C2CC2)cc1F. The van der Waals surface area contributed by atoms with Crippen LogP contribution < -0.4 is 0 Å². The van der Waals surface area contributed by atoms with Gasteiger partial charge in [-0.05, 0) is 50.4 Å². The lowest BCUT2D eigenvalue weighted by molar-refractivity contribution is -0.137. The Labute approximate surface area is 113 Å². The van der Waals surface area contributed by atoms with Crippen LogP contribution in [0.25, 0.3) is 0 Å². The molecule has 3 nitrogen and oxygen atoms in total. The van der Waals surface area contributed by atoms with Gasteiger partial charge in [0.05, 0.1) is 6.42 Å². The van der Waals surface area contributed by atoms with Crippen molar-refractivity contribution in [2.24, 2.45) is 5.92 Å². The van der Waals surface area contributed by atoms with Crippen molar-refractivity contribution in [1.82, 2.24) is 4.90 Å². The predicted molar refractivity (Wildman–Crippen MR) is 71.5 cm³/mol. The molecule has 104 valence electrons. The number of carboxylic acids is 1. The third kappa shape index (κ3) is 3.77. The van der Waals surface area contributed by atoms with Crippen molar-refractivity contribution in [3.63, 3.8) is 0 Å². The molecule has 4 heteroatoms. The van der Waals surface area contributed by atoms with Gasteiger partial charge in [0, 0.05) is 12.1 Å². The van der Waals surface area contributed by atoms with Crippen molar-refractivity contribution in [3.8, 4) is 0 Å². The Morgan fingerprint density at radius 1 is 1.47 bits per heavy atom. The molecule has 1 fully saturated rings. The van der Waals surface area contributed by atoms with Gasteiger partial charge in [-0.15, -0.1) is 0 Å². The van der Waals surface area contributed by atoms with Crippen LogP contribution in [-0.2, 0) is 11.3 Å². The zero-order valence-corrected chi connectivity index (χ0v) is 11.4. The fourth-order valence-corrected chi connectivity index (χ4v) is 2.51. The molecule has 1 aliphatic carbocycles. The molecule has 0 spiro atoms. The highest BCUT2D eigenvalue weighted by atomic mass is 19.1. The number of rotatable bonds is 6. The maximum Gasteiger partial charge on any atom is 0.303 e. The minimum atomic E-state index is -0.810. The molecule has 0 amide bonds. The quantitative estimate of drug-likeness (QED) is 0.859. The highest BCUT2D eigenvalue weighted by Crippen LogP contribution is 2.44. The van der Waals surface area contributed by atoms with Crippen molar-refractivity contribution in [2.75, 3.05) is 14.1 Å². The summed E-state index contributed by atoms with van der Waals surface area (Å²) in [5, 5.41) is 8.96. The Morgan fingerprint density at radius 2 is 2.16 bits per heavy atom. The normalized spacial score (nSPS) is 16.6. The van der Waals surface area contributed by atoms with E-state index in [9.17, 15) is 9.18 Å². The van der Waals surface area contributed by atoms with E-state index < -0.39 is 5.97 Å². The van der Waals surface area contributed by atoms with Crippen molar-refractivity contribution < 1.29 is 14.3 Å². The average Bonchev–Trinajstić information content (AvgIpc) is 3.12. The summed E-state index contributed by atoms with van der Waals surface area (Å²) >= 11 is 0. The molecule has 0 bridgehead atoms. The lowest BCUT2D eigenvalue weighted by Gasteiger charge is -2.16. The summed E-state index contributed by atoms with van der Waals surface area (Å²) in [5.41, 5.74) is 1.48.